The molecule has 2 N–H and O–H groups in total. The van der Waals surface area contributed by atoms with Gasteiger partial charge in [0.2, 0.25) is 11.8 Å². The minimum Gasteiger partial charge on any atom is -0.348 e. The molecule has 0 spiro atoms. The van der Waals surface area contributed by atoms with E-state index in [1.165, 1.54) is 0 Å². The smallest absolute Gasteiger partial charge is 0.236 e. The first-order valence-electron chi connectivity index (χ1n) is 8.62. The van der Waals surface area contributed by atoms with Gasteiger partial charge in [0, 0.05) is 46.8 Å². The van der Waals surface area contributed by atoms with Crippen LogP contribution in [0.1, 0.15) is 12.8 Å². The van der Waals surface area contributed by atoms with Gasteiger partial charge in [0.25, 0.3) is 0 Å². The molecule has 0 saturated carbocycles. The minimum atomic E-state index is 0.0588. The number of likely N-dealkylation sites (tertiary alicyclic amines) is 1. The van der Waals surface area contributed by atoms with Crippen molar-refractivity contribution in [1.29, 1.82) is 0 Å². The summed E-state index contributed by atoms with van der Waals surface area (Å²) in [5.74, 6) is 0.949. The zero-order valence-corrected chi connectivity index (χ0v) is 14.5. The fourth-order valence-corrected chi connectivity index (χ4v) is 3.33. The number of likely N-dealkylation sites (N-methyl/N-ethyl adjacent to an activating group) is 1. The van der Waals surface area contributed by atoms with E-state index in [1.54, 1.807) is 4.90 Å². The summed E-state index contributed by atoms with van der Waals surface area (Å²) in [5.41, 5.74) is 5.42. The minimum absolute atomic E-state index is 0.0588. The lowest BCUT2D eigenvalue weighted by Gasteiger charge is -2.38. The van der Waals surface area contributed by atoms with Crippen molar-refractivity contribution in [2.45, 2.75) is 12.8 Å². The van der Waals surface area contributed by atoms with Crippen molar-refractivity contribution in [3.8, 4) is 0 Å². The van der Waals surface area contributed by atoms with E-state index in [1.807, 2.05) is 19.0 Å². The molecule has 2 heterocycles. The first-order chi connectivity index (χ1) is 11.0. The summed E-state index contributed by atoms with van der Waals surface area (Å²) in [5, 5.41) is 0. The molecule has 2 saturated heterocycles. The van der Waals surface area contributed by atoms with E-state index < -0.39 is 0 Å². The molecule has 0 aromatic rings. The van der Waals surface area contributed by atoms with Crippen LogP contribution < -0.4 is 5.73 Å². The fourth-order valence-electron chi connectivity index (χ4n) is 3.33. The van der Waals surface area contributed by atoms with E-state index in [9.17, 15) is 9.59 Å². The summed E-state index contributed by atoms with van der Waals surface area (Å²) in [6.07, 6.45) is 2.31. The Morgan fingerprint density at radius 3 is 2.13 bits per heavy atom. The number of amides is 2. The van der Waals surface area contributed by atoms with Crippen molar-refractivity contribution in [1.82, 2.24) is 19.6 Å². The Balaban J connectivity index is 1.65. The zero-order chi connectivity index (χ0) is 16.8. The molecule has 0 aliphatic carbocycles. The van der Waals surface area contributed by atoms with Crippen LogP contribution in [-0.2, 0) is 9.59 Å². The average molecular weight is 325 g/mol. The summed E-state index contributed by atoms with van der Waals surface area (Å²) in [4.78, 5) is 31.6. The van der Waals surface area contributed by atoms with Gasteiger partial charge in [-0.05, 0) is 31.8 Å². The molecule has 2 fully saturated rings. The standard InChI is InChI=1S/C16H31N5O2/c1-18(2)16(23)13-19-5-3-14(4-6-19)12-20-7-9-21(10-8-20)15(22)11-17/h14H,3-13,17H2,1-2H3. The second kappa shape index (κ2) is 8.61. The molecule has 0 atom stereocenters. The van der Waals surface area contributed by atoms with Crippen molar-refractivity contribution in [2.24, 2.45) is 11.7 Å². The van der Waals surface area contributed by atoms with Gasteiger partial charge in [0.1, 0.15) is 0 Å². The number of nitrogens with zero attached hydrogens (tertiary/aromatic N) is 4. The van der Waals surface area contributed by atoms with Crippen LogP contribution in [-0.4, -0.2) is 104 Å². The Labute approximate surface area is 139 Å². The number of carbonyl (C=O) groups excluding carboxylic acids is 2. The van der Waals surface area contributed by atoms with Gasteiger partial charge in [0.05, 0.1) is 13.1 Å². The quantitative estimate of drug-likeness (QED) is 0.694. The third-order valence-electron chi connectivity index (χ3n) is 4.98. The lowest BCUT2D eigenvalue weighted by atomic mass is 9.96. The van der Waals surface area contributed by atoms with Gasteiger partial charge in [-0.25, -0.2) is 0 Å². The molecule has 7 nitrogen and oxygen atoms in total. The summed E-state index contributed by atoms with van der Waals surface area (Å²) in [7, 11) is 3.62. The highest BCUT2D eigenvalue weighted by Crippen LogP contribution is 2.19. The highest BCUT2D eigenvalue weighted by Gasteiger charge is 2.25. The molecule has 0 aromatic carbocycles. The molecule has 132 valence electrons. The van der Waals surface area contributed by atoms with E-state index in [4.69, 9.17) is 5.73 Å². The third-order valence-corrected chi connectivity index (χ3v) is 4.98. The van der Waals surface area contributed by atoms with Crippen LogP contribution >= 0.6 is 0 Å². The van der Waals surface area contributed by atoms with Crippen LogP contribution in [0, 0.1) is 5.92 Å². The molecule has 0 radical (unpaired) electrons. The lowest BCUT2D eigenvalue weighted by Crippen LogP contribution is -2.52. The molecular formula is C16H31N5O2. The summed E-state index contributed by atoms with van der Waals surface area (Å²) >= 11 is 0. The van der Waals surface area contributed by atoms with Crippen LogP contribution in [0.5, 0.6) is 0 Å². The van der Waals surface area contributed by atoms with Crippen LogP contribution in [0.25, 0.3) is 0 Å². The van der Waals surface area contributed by atoms with Crippen molar-refractivity contribution in [3.63, 3.8) is 0 Å². The molecule has 23 heavy (non-hydrogen) atoms. The van der Waals surface area contributed by atoms with E-state index >= 15 is 0 Å². The zero-order valence-electron chi connectivity index (χ0n) is 14.5. The summed E-state index contributed by atoms with van der Waals surface area (Å²) < 4.78 is 0. The number of hydrogen-bond donors (Lipinski definition) is 1. The molecule has 2 rings (SSSR count). The van der Waals surface area contributed by atoms with Gasteiger partial charge in [-0.1, -0.05) is 0 Å². The number of piperidine rings is 1. The molecule has 2 aliphatic heterocycles. The lowest BCUT2D eigenvalue weighted by molar-refractivity contribution is -0.132. The number of hydrogen-bond acceptors (Lipinski definition) is 5. The van der Waals surface area contributed by atoms with Crippen LogP contribution in [0.3, 0.4) is 0 Å². The highest BCUT2D eigenvalue weighted by atomic mass is 16.2. The number of piperazine rings is 1. The third kappa shape index (κ3) is 5.44. The summed E-state index contributed by atoms with van der Waals surface area (Å²) in [6, 6.07) is 0. The molecule has 7 heteroatoms. The van der Waals surface area contributed by atoms with Gasteiger partial charge in [-0.2, -0.15) is 0 Å². The maximum absolute atomic E-state index is 11.8. The van der Waals surface area contributed by atoms with E-state index in [0.29, 0.717) is 12.5 Å². The topological polar surface area (TPSA) is 73.1 Å². The molecular weight excluding hydrogens is 294 g/mol. The van der Waals surface area contributed by atoms with Crippen LogP contribution in [0.15, 0.2) is 0 Å². The maximum atomic E-state index is 11.8. The van der Waals surface area contributed by atoms with Crippen LogP contribution in [0.4, 0.5) is 0 Å². The molecule has 0 aromatic heterocycles. The predicted octanol–water partition coefficient (Wildman–Crippen LogP) is -1.11. The normalized spacial score (nSPS) is 21.4. The Kier molecular flexibility index (Phi) is 6.80. The van der Waals surface area contributed by atoms with E-state index in [-0.39, 0.29) is 18.4 Å². The Morgan fingerprint density at radius 2 is 1.61 bits per heavy atom. The first-order valence-corrected chi connectivity index (χ1v) is 8.62. The van der Waals surface area contributed by atoms with Crippen molar-refractivity contribution >= 4 is 11.8 Å². The van der Waals surface area contributed by atoms with Gasteiger partial charge >= 0.3 is 0 Å². The van der Waals surface area contributed by atoms with Crippen molar-refractivity contribution < 1.29 is 9.59 Å². The predicted molar refractivity (Wildman–Crippen MR) is 89.9 cm³/mol. The monoisotopic (exact) mass is 325 g/mol. The van der Waals surface area contributed by atoms with Crippen molar-refractivity contribution in [3.05, 3.63) is 0 Å². The molecule has 0 unspecified atom stereocenters. The Bertz CT molecular complexity index is 399. The van der Waals surface area contributed by atoms with E-state index in [0.717, 1.165) is 58.7 Å². The molecule has 2 aliphatic rings. The second-order valence-corrected chi connectivity index (χ2v) is 6.89. The van der Waals surface area contributed by atoms with Gasteiger partial charge in [0.15, 0.2) is 0 Å². The van der Waals surface area contributed by atoms with Crippen molar-refractivity contribution in [2.75, 3.05) is 73.0 Å². The number of rotatable bonds is 5. The SMILES string of the molecule is CN(C)C(=O)CN1CCC(CN2CCN(C(=O)CN)CC2)CC1. The molecule has 2 amide bonds. The Hall–Kier alpha value is -1.18. The largest absolute Gasteiger partial charge is 0.348 e. The number of nitrogens with two attached hydrogens (primary N) is 1. The highest BCUT2D eigenvalue weighted by molar-refractivity contribution is 5.78. The first kappa shape index (κ1) is 18.2. The van der Waals surface area contributed by atoms with Crippen LogP contribution in [0.2, 0.25) is 0 Å². The van der Waals surface area contributed by atoms with Gasteiger partial charge in [-0.3, -0.25) is 19.4 Å². The number of carbonyl (C=O) groups is 2. The second-order valence-electron chi connectivity index (χ2n) is 6.89. The van der Waals surface area contributed by atoms with E-state index in [2.05, 4.69) is 9.80 Å². The van der Waals surface area contributed by atoms with Gasteiger partial charge in [-0.15, -0.1) is 0 Å². The van der Waals surface area contributed by atoms with Gasteiger partial charge < -0.3 is 15.5 Å². The Morgan fingerprint density at radius 1 is 1.00 bits per heavy atom. The summed E-state index contributed by atoms with van der Waals surface area (Å²) in [6.45, 7) is 7.28. The molecule has 0 bridgehead atoms. The fraction of sp³-hybridized carbons (Fsp3) is 0.875. The average Bonchev–Trinajstić information content (AvgIpc) is 2.56. The maximum Gasteiger partial charge on any atom is 0.236 e.